The molecule has 0 fully saturated rings. The number of esters is 1. The first kappa shape index (κ1) is 11.1. The van der Waals surface area contributed by atoms with Gasteiger partial charge in [0, 0.05) is 13.0 Å². The van der Waals surface area contributed by atoms with Crippen LogP contribution in [0.1, 0.15) is 27.2 Å². The summed E-state index contributed by atoms with van der Waals surface area (Å²) in [5.41, 5.74) is 6.10. The zero-order valence-corrected chi connectivity index (χ0v) is 7.64. The Labute approximate surface area is 72.1 Å². The lowest BCUT2D eigenvalue weighted by atomic mass is 10.2. The lowest BCUT2D eigenvalue weighted by Gasteiger charge is -2.18. The molecule has 4 heteroatoms. The van der Waals surface area contributed by atoms with Crippen LogP contribution < -0.4 is 5.73 Å². The largest absolute Gasteiger partial charge is 0.454 e. The first-order valence-corrected chi connectivity index (χ1v) is 3.77. The molecule has 0 aliphatic rings. The minimum atomic E-state index is -0.838. The van der Waals surface area contributed by atoms with Crippen LogP contribution in [0.4, 0.5) is 0 Å². The summed E-state index contributed by atoms with van der Waals surface area (Å²) in [7, 11) is 0. The average molecular weight is 172 g/mol. The van der Waals surface area contributed by atoms with Gasteiger partial charge in [-0.15, -0.1) is 0 Å². The van der Waals surface area contributed by atoms with Gasteiger partial charge >= 0.3 is 5.97 Å². The first-order chi connectivity index (χ1) is 5.37. The third kappa shape index (κ3) is 4.85. The maximum absolute atomic E-state index is 10.9. The predicted molar refractivity (Wildman–Crippen MR) is 43.4 cm³/mol. The molecular weight excluding hydrogens is 158 g/mol. The van der Waals surface area contributed by atoms with Crippen LogP contribution in [-0.4, -0.2) is 23.9 Å². The fraction of sp³-hybridized carbons (Fsp3) is 0.750. The van der Waals surface area contributed by atoms with Crippen LogP contribution in [0.5, 0.6) is 0 Å². The topological polar surface area (TPSA) is 67.2 Å². The molecule has 0 aromatic carbocycles. The molecule has 0 aliphatic heterocycles. The molecule has 0 spiro atoms. The Morgan fingerprint density at radius 3 is 2.17 bits per heavy atom. The number of rotatable bonds is 3. The molecular formula is C8H14NO3. The van der Waals surface area contributed by atoms with Gasteiger partial charge in [-0.2, -0.15) is 0 Å². The summed E-state index contributed by atoms with van der Waals surface area (Å²) >= 11 is 0. The van der Waals surface area contributed by atoms with Gasteiger partial charge in [0.25, 0.3) is 0 Å². The number of nitrogens with one attached hydrogen (secondary N) is 1. The number of hydrogen-bond acceptors (Lipinski definition) is 3. The third-order valence-electron chi connectivity index (χ3n) is 0.979. The van der Waals surface area contributed by atoms with E-state index < -0.39 is 17.4 Å². The van der Waals surface area contributed by atoms with Crippen LogP contribution in [0.15, 0.2) is 0 Å². The maximum Gasteiger partial charge on any atom is 0.375 e. The average Bonchev–Trinajstić information content (AvgIpc) is 1.84. The molecule has 0 saturated heterocycles. The van der Waals surface area contributed by atoms with Gasteiger partial charge in [0.05, 0.1) is 0 Å². The lowest BCUT2D eigenvalue weighted by Crippen LogP contribution is -2.29. The SMILES string of the molecule is CC(C)(C)OC(=O)C(=O)CC[NH]. The molecule has 69 valence electrons. The second kappa shape index (κ2) is 4.21. The molecule has 0 atom stereocenters. The molecule has 0 rings (SSSR count). The highest BCUT2D eigenvalue weighted by atomic mass is 16.6. The summed E-state index contributed by atoms with van der Waals surface area (Å²) in [6.07, 6.45) is -0.0606. The molecule has 0 aromatic rings. The van der Waals surface area contributed by atoms with E-state index in [1.54, 1.807) is 20.8 Å². The minimum Gasteiger partial charge on any atom is -0.454 e. The van der Waals surface area contributed by atoms with Crippen molar-refractivity contribution < 1.29 is 14.3 Å². The van der Waals surface area contributed by atoms with Gasteiger partial charge in [-0.05, 0) is 20.8 Å². The number of hydrogen-bond donors (Lipinski definition) is 0. The van der Waals surface area contributed by atoms with Crippen molar-refractivity contribution >= 4 is 11.8 Å². The Morgan fingerprint density at radius 2 is 1.83 bits per heavy atom. The van der Waals surface area contributed by atoms with Crippen LogP contribution >= 0.6 is 0 Å². The van der Waals surface area contributed by atoms with Gasteiger partial charge < -0.3 is 4.74 Å². The van der Waals surface area contributed by atoms with Crippen molar-refractivity contribution in [3.8, 4) is 0 Å². The van der Waals surface area contributed by atoms with E-state index in [4.69, 9.17) is 10.5 Å². The van der Waals surface area contributed by atoms with Gasteiger partial charge in [0.2, 0.25) is 5.78 Å². The Hall–Kier alpha value is -0.900. The van der Waals surface area contributed by atoms with E-state index in [1.165, 1.54) is 0 Å². The quantitative estimate of drug-likeness (QED) is 0.461. The molecule has 0 bridgehead atoms. The fourth-order valence-electron chi connectivity index (χ4n) is 0.551. The van der Waals surface area contributed by atoms with Crippen molar-refractivity contribution in [3.63, 3.8) is 0 Å². The van der Waals surface area contributed by atoms with Gasteiger partial charge in [-0.3, -0.25) is 10.5 Å². The monoisotopic (exact) mass is 172 g/mol. The Morgan fingerprint density at radius 1 is 1.33 bits per heavy atom. The molecule has 0 aliphatic carbocycles. The summed E-state index contributed by atoms with van der Waals surface area (Å²) in [6.45, 7) is 5.01. The van der Waals surface area contributed by atoms with Crippen LogP contribution in [0.2, 0.25) is 0 Å². The molecule has 0 aromatic heterocycles. The minimum absolute atomic E-state index is 0.0606. The van der Waals surface area contributed by atoms with E-state index >= 15 is 0 Å². The molecule has 4 nitrogen and oxygen atoms in total. The first-order valence-electron chi connectivity index (χ1n) is 3.77. The second-order valence-corrected chi connectivity index (χ2v) is 3.43. The van der Waals surface area contributed by atoms with Gasteiger partial charge in [-0.1, -0.05) is 0 Å². The number of ketones is 1. The zero-order chi connectivity index (χ0) is 9.78. The lowest BCUT2D eigenvalue weighted by molar-refractivity contribution is -0.162. The van der Waals surface area contributed by atoms with Gasteiger partial charge in [0.15, 0.2) is 0 Å². The van der Waals surface area contributed by atoms with Crippen molar-refractivity contribution in [2.45, 2.75) is 32.8 Å². The van der Waals surface area contributed by atoms with E-state index in [1.807, 2.05) is 0 Å². The van der Waals surface area contributed by atoms with E-state index in [0.29, 0.717) is 0 Å². The van der Waals surface area contributed by atoms with Crippen LogP contribution in [0.25, 0.3) is 0 Å². The van der Waals surface area contributed by atoms with Crippen LogP contribution in [0.3, 0.4) is 0 Å². The third-order valence-corrected chi connectivity index (χ3v) is 0.979. The molecule has 0 heterocycles. The number of carbonyl (C=O) groups is 2. The Kier molecular flexibility index (Phi) is 3.89. The molecule has 0 saturated carbocycles. The molecule has 0 unspecified atom stereocenters. The summed E-state index contributed by atoms with van der Waals surface area (Å²) < 4.78 is 4.78. The molecule has 0 amide bonds. The number of ether oxygens (including phenoxy) is 1. The van der Waals surface area contributed by atoms with Crippen molar-refractivity contribution in [3.05, 3.63) is 0 Å². The summed E-state index contributed by atoms with van der Waals surface area (Å²) in [4.78, 5) is 21.7. The molecule has 1 radical (unpaired) electrons. The maximum atomic E-state index is 10.9. The fourth-order valence-corrected chi connectivity index (χ4v) is 0.551. The predicted octanol–water partition coefficient (Wildman–Crippen LogP) is 0.570. The van der Waals surface area contributed by atoms with Crippen molar-refractivity contribution in [2.75, 3.05) is 6.54 Å². The van der Waals surface area contributed by atoms with Gasteiger partial charge in [-0.25, -0.2) is 4.79 Å². The molecule has 1 N–H and O–H groups in total. The van der Waals surface area contributed by atoms with Crippen molar-refractivity contribution in [2.24, 2.45) is 0 Å². The summed E-state index contributed by atoms with van der Waals surface area (Å²) in [5.74, 6) is -1.46. The highest BCUT2D eigenvalue weighted by Crippen LogP contribution is 2.07. The smallest absolute Gasteiger partial charge is 0.375 e. The number of carbonyl (C=O) groups excluding carboxylic acids is 2. The number of Topliss-reactive ketones (excluding diaryl/α,β-unsaturated/α-hetero) is 1. The van der Waals surface area contributed by atoms with Crippen molar-refractivity contribution in [1.82, 2.24) is 5.73 Å². The Balaban J connectivity index is 3.97. The highest BCUT2D eigenvalue weighted by Gasteiger charge is 2.21. The summed E-state index contributed by atoms with van der Waals surface area (Å²) in [5, 5.41) is 0. The van der Waals surface area contributed by atoms with E-state index in [-0.39, 0.29) is 13.0 Å². The molecule has 12 heavy (non-hydrogen) atoms. The van der Waals surface area contributed by atoms with Crippen LogP contribution in [0, 0.1) is 0 Å². The van der Waals surface area contributed by atoms with E-state index in [9.17, 15) is 9.59 Å². The normalized spacial score (nSPS) is 11.0. The van der Waals surface area contributed by atoms with Gasteiger partial charge in [0.1, 0.15) is 5.60 Å². The Bertz CT molecular complexity index is 181. The zero-order valence-electron chi connectivity index (χ0n) is 7.64. The standard InChI is InChI=1S/C8H14NO3/c1-8(2,3)12-7(11)6(10)4-5-9/h9H,4-5H2,1-3H3. The van der Waals surface area contributed by atoms with E-state index in [2.05, 4.69) is 0 Å². The van der Waals surface area contributed by atoms with E-state index in [0.717, 1.165) is 0 Å². The van der Waals surface area contributed by atoms with Crippen molar-refractivity contribution in [1.29, 1.82) is 0 Å². The second-order valence-electron chi connectivity index (χ2n) is 3.43. The summed E-state index contributed by atoms with van der Waals surface area (Å²) in [6, 6.07) is 0. The van der Waals surface area contributed by atoms with Crippen LogP contribution in [-0.2, 0) is 14.3 Å². The highest BCUT2D eigenvalue weighted by molar-refractivity contribution is 6.33.